The first-order valence-corrected chi connectivity index (χ1v) is 6.83. The summed E-state index contributed by atoms with van der Waals surface area (Å²) in [6, 6.07) is 8.43. The molecule has 1 unspecified atom stereocenters. The molecule has 0 fully saturated rings. The molecule has 4 heteroatoms. The zero-order valence-corrected chi connectivity index (χ0v) is 10.2. The molecule has 88 valence electrons. The largest absolute Gasteiger partial charge is 0.310 e. The molecule has 0 spiro atoms. The average molecular weight is 239 g/mol. The Kier molecular flexibility index (Phi) is 4.71. The van der Waals surface area contributed by atoms with E-state index in [1.165, 1.54) is 0 Å². The van der Waals surface area contributed by atoms with Crippen molar-refractivity contribution in [3.8, 4) is 0 Å². The van der Waals surface area contributed by atoms with Crippen LogP contribution in [0.4, 0.5) is 0 Å². The minimum absolute atomic E-state index is 0.0804. The molecule has 0 heterocycles. The molecule has 0 aromatic heterocycles. The van der Waals surface area contributed by atoms with Crippen LogP contribution in [0, 0.1) is 0 Å². The summed E-state index contributed by atoms with van der Waals surface area (Å²) in [5.41, 5.74) is 0. The minimum Gasteiger partial charge on any atom is -0.310 e. The van der Waals surface area contributed by atoms with Crippen molar-refractivity contribution in [3.63, 3.8) is 0 Å². The number of hydrogen-bond donors (Lipinski definition) is 1. The second-order valence-electron chi connectivity index (χ2n) is 3.69. The van der Waals surface area contributed by atoms with Crippen LogP contribution in [-0.4, -0.2) is 26.8 Å². The quantitative estimate of drug-likeness (QED) is 0.767. The third-order valence-electron chi connectivity index (χ3n) is 2.18. The molecule has 0 bridgehead atoms. The van der Waals surface area contributed by atoms with Gasteiger partial charge in [-0.15, -0.1) is 6.58 Å². The Morgan fingerprint density at radius 1 is 1.38 bits per heavy atom. The highest BCUT2D eigenvalue weighted by atomic mass is 32.2. The van der Waals surface area contributed by atoms with E-state index in [0.29, 0.717) is 11.4 Å². The molecule has 16 heavy (non-hydrogen) atoms. The van der Waals surface area contributed by atoms with Gasteiger partial charge in [-0.1, -0.05) is 24.3 Å². The van der Waals surface area contributed by atoms with Crippen molar-refractivity contribution in [1.29, 1.82) is 0 Å². The second-order valence-corrected chi connectivity index (χ2v) is 5.73. The van der Waals surface area contributed by atoms with Gasteiger partial charge >= 0.3 is 0 Å². The molecule has 1 N–H and O–H groups in total. The van der Waals surface area contributed by atoms with Crippen LogP contribution >= 0.6 is 0 Å². The van der Waals surface area contributed by atoms with E-state index in [2.05, 4.69) is 11.9 Å². The van der Waals surface area contributed by atoms with E-state index >= 15 is 0 Å². The van der Waals surface area contributed by atoms with Gasteiger partial charge in [0.05, 0.1) is 10.6 Å². The number of rotatable bonds is 6. The van der Waals surface area contributed by atoms with Gasteiger partial charge in [0, 0.05) is 12.6 Å². The van der Waals surface area contributed by atoms with E-state index in [1.807, 2.05) is 6.92 Å². The Morgan fingerprint density at radius 2 is 2.00 bits per heavy atom. The van der Waals surface area contributed by atoms with Crippen LogP contribution in [0.2, 0.25) is 0 Å². The molecule has 1 atom stereocenters. The highest BCUT2D eigenvalue weighted by Crippen LogP contribution is 2.10. The molecule has 0 aliphatic heterocycles. The third-order valence-corrected chi connectivity index (χ3v) is 4.11. The number of sulfone groups is 1. The van der Waals surface area contributed by atoms with Crippen LogP contribution in [0.3, 0.4) is 0 Å². The minimum atomic E-state index is -3.19. The molecule has 0 amide bonds. The van der Waals surface area contributed by atoms with Gasteiger partial charge < -0.3 is 5.32 Å². The Labute approximate surface area is 97.1 Å². The second kappa shape index (κ2) is 5.82. The summed E-state index contributed by atoms with van der Waals surface area (Å²) in [4.78, 5) is 0.377. The fraction of sp³-hybridized carbons (Fsp3) is 0.333. The standard InChI is InChI=1S/C12H17NO2S/c1-3-9-13-11(2)10-16(14,15)12-7-5-4-6-8-12/h3-8,11,13H,1,9-10H2,2H3. The monoisotopic (exact) mass is 239 g/mol. The molecule has 0 saturated carbocycles. The van der Waals surface area contributed by atoms with Crippen LogP contribution in [0.1, 0.15) is 6.92 Å². The van der Waals surface area contributed by atoms with Crippen LogP contribution in [0.15, 0.2) is 47.9 Å². The Hall–Kier alpha value is -1.13. The van der Waals surface area contributed by atoms with Crippen LogP contribution < -0.4 is 5.32 Å². The number of benzene rings is 1. The third kappa shape index (κ3) is 3.79. The van der Waals surface area contributed by atoms with Gasteiger partial charge in [-0.2, -0.15) is 0 Å². The summed E-state index contributed by atoms with van der Waals surface area (Å²) < 4.78 is 23.9. The lowest BCUT2D eigenvalue weighted by Crippen LogP contribution is -2.33. The van der Waals surface area contributed by atoms with Crippen molar-refractivity contribution in [2.75, 3.05) is 12.3 Å². The van der Waals surface area contributed by atoms with E-state index in [1.54, 1.807) is 36.4 Å². The summed E-state index contributed by atoms with van der Waals surface area (Å²) in [7, 11) is -3.19. The highest BCUT2D eigenvalue weighted by Gasteiger charge is 2.17. The zero-order valence-electron chi connectivity index (χ0n) is 9.39. The summed E-state index contributed by atoms with van der Waals surface area (Å²) in [5.74, 6) is 0.102. The van der Waals surface area contributed by atoms with Gasteiger partial charge in [-0.25, -0.2) is 8.42 Å². The summed E-state index contributed by atoms with van der Waals surface area (Å²) in [6.45, 7) is 6.04. The van der Waals surface area contributed by atoms with Crippen LogP contribution in [0.5, 0.6) is 0 Å². The Balaban J connectivity index is 2.69. The lowest BCUT2D eigenvalue weighted by Gasteiger charge is -2.12. The summed E-state index contributed by atoms with van der Waals surface area (Å²) >= 11 is 0. The van der Waals surface area contributed by atoms with Gasteiger partial charge in [0.15, 0.2) is 9.84 Å². The van der Waals surface area contributed by atoms with Gasteiger partial charge in [0.2, 0.25) is 0 Å². The number of nitrogens with one attached hydrogen (secondary N) is 1. The molecule has 1 aromatic carbocycles. The molecule has 1 aromatic rings. The van der Waals surface area contributed by atoms with Gasteiger partial charge in [-0.3, -0.25) is 0 Å². The molecular weight excluding hydrogens is 222 g/mol. The fourth-order valence-electron chi connectivity index (χ4n) is 1.40. The maximum Gasteiger partial charge on any atom is 0.179 e. The normalized spacial score (nSPS) is 13.3. The number of hydrogen-bond acceptors (Lipinski definition) is 3. The lowest BCUT2D eigenvalue weighted by molar-refractivity contribution is 0.571. The molecular formula is C12H17NO2S. The molecule has 1 rings (SSSR count). The molecule has 3 nitrogen and oxygen atoms in total. The fourth-order valence-corrected chi connectivity index (χ4v) is 2.94. The molecule has 0 radical (unpaired) electrons. The predicted molar refractivity (Wildman–Crippen MR) is 66.2 cm³/mol. The van der Waals surface area contributed by atoms with Crippen LogP contribution in [0.25, 0.3) is 0 Å². The Bertz CT molecular complexity index is 426. The SMILES string of the molecule is C=CCNC(C)CS(=O)(=O)c1ccccc1. The highest BCUT2D eigenvalue weighted by molar-refractivity contribution is 7.91. The van der Waals surface area contributed by atoms with E-state index in [-0.39, 0.29) is 11.8 Å². The van der Waals surface area contributed by atoms with Crippen molar-refractivity contribution in [2.45, 2.75) is 17.9 Å². The van der Waals surface area contributed by atoms with Crippen molar-refractivity contribution in [3.05, 3.63) is 43.0 Å². The van der Waals surface area contributed by atoms with E-state index in [9.17, 15) is 8.42 Å². The van der Waals surface area contributed by atoms with E-state index in [0.717, 1.165) is 0 Å². The molecule has 0 saturated heterocycles. The molecule has 0 aliphatic rings. The first-order chi connectivity index (χ1) is 7.56. The maximum absolute atomic E-state index is 11.9. The predicted octanol–water partition coefficient (Wildman–Crippen LogP) is 1.62. The zero-order chi connectivity index (χ0) is 12.0. The summed E-state index contributed by atoms with van der Waals surface area (Å²) in [6.07, 6.45) is 1.71. The topological polar surface area (TPSA) is 46.2 Å². The van der Waals surface area contributed by atoms with Crippen molar-refractivity contribution in [1.82, 2.24) is 5.32 Å². The lowest BCUT2D eigenvalue weighted by atomic mass is 10.4. The van der Waals surface area contributed by atoms with Crippen molar-refractivity contribution in [2.24, 2.45) is 0 Å². The van der Waals surface area contributed by atoms with Crippen molar-refractivity contribution < 1.29 is 8.42 Å². The van der Waals surface area contributed by atoms with Gasteiger partial charge in [0.1, 0.15) is 0 Å². The van der Waals surface area contributed by atoms with E-state index in [4.69, 9.17) is 0 Å². The maximum atomic E-state index is 11.9. The average Bonchev–Trinajstić information content (AvgIpc) is 2.27. The first kappa shape index (κ1) is 12.9. The molecule has 0 aliphatic carbocycles. The van der Waals surface area contributed by atoms with E-state index < -0.39 is 9.84 Å². The first-order valence-electron chi connectivity index (χ1n) is 5.18. The van der Waals surface area contributed by atoms with Crippen LogP contribution in [-0.2, 0) is 9.84 Å². The van der Waals surface area contributed by atoms with Gasteiger partial charge in [0.25, 0.3) is 0 Å². The smallest absolute Gasteiger partial charge is 0.179 e. The van der Waals surface area contributed by atoms with Crippen molar-refractivity contribution >= 4 is 9.84 Å². The van der Waals surface area contributed by atoms with Gasteiger partial charge in [-0.05, 0) is 19.1 Å². The Morgan fingerprint density at radius 3 is 2.56 bits per heavy atom. The summed E-state index contributed by atoms with van der Waals surface area (Å²) in [5, 5.41) is 3.06.